The number of nitrogens with one attached hydrogen (secondary N) is 2. The molecule has 0 bridgehead atoms. The molecule has 10 heteroatoms. The number of hydrogen-bond donors (Lipinski definition) is 6. The predicted molar refractivity (Wildman–Crippen MR) is 122 cm³/mol. The van der Waals surface area contributed by atoms with Crippen molar-refractivity contribution in [3.63, 3.8) is 0 Å². The van der Waals surface area contributed by atoms with Crippen LogP contribution in [0, 0.1) is 0 Å². The highest BCUT2D eigenvalue weighted by molar-refractivity contribution is 6.31. The highest BCUT2D eigenvalue weighted by atomic mass is 16.3. The van der Waals surface area contributed by atoms with E-state index in [0.717, 1.165) is 0 Å². The summed E-state index contributed by atoms with van der Waals surface area (Å²) in [6.07, 6.45) is -2.26. The Hall–Kier alpha value is -2.99. The summed E-state index contributed by atoms with van der Waals surface area (Å²) in [5.41, 5.74) is 2.54. The van der Waals surface area contributed by atoms with Gasteiger partial charge in [0.15, 0.2) is 11.6 Å². The third kappa shape index (κ3) is 3.56. The summed E-state index contributed by atoms with van der Waals surface area (Å²) in [6.45, 7) is 0.490. The molecule has 1 aromatic heterocycles. The Morgan fingerprint density at radius 1 is 0.912 bits per heavy atom. The van der Waals surface area contributed by atoms with E-state index in [1.165, 1.54) is 0 Å². The molecule has 2 heterocycles. The van der Waals surface area contributed by atoms with Crippen LogP contribution < -0.4 is 5.32 Å². The number of likely N-dealkylation sites (tertiary alicyclic amines) is 1. The lowest BCUT2D eigenvalue weighted by Crippen LogP contribution is -2.46. The molecule has 0 unspecified atom stereocenters. The first-order valence-electron chi connectivity index (χ1n) is 11.2. The minimum absolute atomic E-state index is 0.193. The molecule has 6 N–H and O–H groups in total. The van der Waals surface area contributed by atoms with Crippen molar-refractivity contribution in [2.75, 3.05) is 26.3 Å². The number of nitrogens with zero attached hydrogens (tertiary/aromatic N) is 2. The molecular weight excluding hydrogens is 440 g/mol. The smallest absolute Gasteiger partial charge is 0.196 e. The highest BCUT2D eigenvalue weighted by Crippen LogP contribution is 2.31. The molecule has 1 fully saturated rings. The summed E-state index contributed by atoms with van der Waals surface area (Å²) in [4.78, 5) is 35.5. The summed E-state index contributed by atoms with van der Waals surface area (Å²) in [5, 5.41) is 42.5. The lowest BCUT2D eigenvalue weighted by atomic mass is 9.83. The Morgan fingerprint density at radius 2 is 1.56 bits per heavy atom. The number of aromatic nitrogens is 2. The third-order valence-electron chi connectivity index (χ3n) is 6.80. The summed E-state index contributed by atoms with van der Waals surface area (Å²) < 4.78 is 0. The topological polar surface area (TPSA) is 159 Å². The van der Waals surface area contributed by atoms with Crippen LogP contribution in [0.2, 0.25) is 0 Å². The summed E-state index contributed by atoms with van der Waals surface area (Å²) in [5.74, 6) is 0.168. The highest BCUT2D eigenvalue weighted by Gasteiger charge is 2.46. The van der Waals surface area contributed by atoms with Crippen LogP contribution in [0.25, 0.3) is 11.0 Å². The Morgan fingerprint density at radius 3 is 2.21 bits per heavy atom. The summed E-state index contributed by atoms with van der Waals surface area (Å²) in [6, 6.07) is 8.86. The number of rotatable bonds is 7. The van der Waals surface area contributed by atoms with E-state index in [1.807, 2.05) is 0 Å². The summed E-state index contributed by atoms with van der Waals surface area (Å²) >= 11 is 0. The Labute approximate surface area is 194 Å². The molecule has 10 nitrogen and oxygen atoms in total. The maximum absolute atomic E-state index is 13.1. The van der Waals surface area contributed by atoms with Gasteiger partial charge in [0.25, 0.3) is 0 Å². The van der Waals surface area contributed by atoms with Crippen molar-refractivity contribution >= 4 is 22.6 Å². The number of H-pyrrole nitrogens is 1. The number of carbonyl (C=O) groups excluding carboxylic acids is 2. The number of ketones is 2. The molecule has 2 aliphatic rings. The monoisotopic (exact) mass is 466 g/mol. The van der Waals surface area contributed by atoms with Gasteiger partial charge >= 0.3 is 0 Å². The molecule has 1 aliphatic heterocycles. The molecule has 1 aliphatic carbocycles. The van der Waals surface area contributed by atoms with Crippen LogP contribution in [0.1, 0.15) is 37.7 Å². The fourth-order valence-corrected chi connectivity index (χ4v) is 5.05. The van der Waals surface area contributed by atoms with E-state index in [9.17, 15) is 30.0 Å². The molecule has 34 heavy (non-hydrogen) atoms. The molecule has 5 rings (SSSR count). The van der Waals surface area contributed by atoms with Crippen LogP contribution >= 0.6 is 0 Å². The zero-order valence-electron chi connectivity index (χ0n) is 18.3. The number of aromatic amines is 1. The third-order valence-corrected chi connectivity index (χ3v) is 6.80. The van der Waals surface area contributed by atoms with Gasteiger partial charge in [0.2, 0.25) is 0 Å². The fraction of sp³-hybridized carbons (Fsp3) is 0.375. The molecular formula is C24H26N4O6. The van der Waals surface area contributed by atoms with E-state index in [0.29, 0.717) is 58.7 Å². The molecule has 1 saturated heterocycles. The lowest BCUT2D eigenvalue weighted by molar-refractivity contribution is 0.0130. The molecule has 0 radical (unpaired) electrons. The second-order valence-electron chi connectivity index (χ2n) is 8.67. The fourth-order valence-electron chi connectivity index (χ4n) is 5.05. The van der Waals surface area contributed by atoms with Gasteiger partial charge in [0, 0.05) is 29.8 Å². The average Bonchev–Trinajstić information content (AvgIpc) is 3.37. The Bertz CT molecular complexity index is 1240. The van der Waals surface area contributed by atoms with Crippen LogP contribution in [-0.4, -0.2) is 97.5 Å². The Kier molecular flexibility index (Phi) is 6.02. The molecule has 178 valence electrons. The number of fused-ring (bicyclic) bond motifs is 4. The SMILES string of the molecule is O=C1c2ccccc2C(=O)c2c1ccc1[nH]c(CNCCN3[C@@H](CO)[C@@H](O)[C@H](O)[C@@H]3CO)nc21. The molecule has 3 aromatic rings. The first-order chi connectivity index (χ1) is 16.5. The van der Waals surface area contributed by atoms with Crippen LogP contribution in [0.3, 0.4) is 0 Å². The number of benzene rings is 2. The van der Waals surface area contributed by atoms with Gasteiger partial charge < -0.3 is 30.7 Å². The van der Waals surface area contributed by atoms with Crippen LogP contribution in [-0.2, 0) is 6.54 Å². The van der Waals surface area contributed by atoms with Crippen molar-refractivity contribution < 1.29 is 30.0 Å². The van der Waals surface area contributed by atoms with Gasteiger partial charge in [-0.2, -0.15) is 0 Å². The van der Waals surface area contributed by atoms with Crippen LogP contribution in [0.15, 0.2) is 36.4 Å². The maximum Gasteiger partial charge on any atom is 0.196 e. The maximum atomic E-state index is 13.1. The van der Waals surface area contributed by atoms with E-state index < -0.39 is 24.3 Å². The normalized spacial score (nSPS) is 24.6. The molecule has 0 amide bonds. The molecule has 2 aromatic carbocycles. The molecule has 4 atom stereocenters. The second-order valence-corrected chi connectivity index (χ2v) is 8.67. The molecule has 0 spiro atoms. The van der Waals surface area contributed by atoms with Crippen molar-refractivity contribution in [1.29, 1.82) is 0 Å². The minimum atomic E-state index is -1.13. The first-order valence-corrected chi connectivity index (χ1v) is 11.2. The minimum Gasteiger partial charge on any atom is -0.395 e. The number of carbonyl (C=O) groups is 2. The largest absolute Gasteiger partial charge is 0.395 e. The second kappa shape index (κ2) is 8.99. The first kappa shape index (κ1) is 22.8. The number of imidazole rings is 1. The summed E-state index contributed by atoms with van der Waals surface area (Å²) in [7, 11) is 0. The van der Waals surface area contributed by atoms with Crippen molar-refractivity contribution in [3.8, 4) is 0 Å². The van der Waals surface area contributed by atoms with Gasteiger partial charge in [-0.1, -0.05) is 24.3 Å². The quantitative estimate of drug-likeness (QED) is 0.192. The van der Waals surface area contributed by atoms with Crippen molar-refractivity contribution in [3.05, 3.63) is 64.5 Å². The number of aliphatic hydroxyl groups excluding tert-OH is 4. The van der Waals surface area contributed by atoms with Crippen molar-refractivity contribution in [1.82, 2.24) is 20.2 Å². The van der Waals surface area contributed by atoms with Gasteiger partial charge in [-0.3, -0.25) is 14.5 Å². The average molecular weight is 466 g/mol. The van der Waals surface area contributed by atoms with E-state index in [-0.39, 0.29) is 24.8 Å². The van der Waals surface area contributed by atoms with Crippen molar-refractivity contribution in [2.24, 2.45) is 0 Å². The van der Waals surface area contributed by atoms with E-state index in [1.54, 1.807) is 41.3 Å². The predicted octanol–water partition coefficient (Wildman–Crippen LogP) is -0.813. The number of hydrogen-bond acceptors (Lipinski definition) is 9. The Balaban J connectivity index is 1.31. The van der Waals surface area contributed by atoms with E-state index in [2.05, 4.69) is 15.3 Å². The lowest BCUT2D eigenvalue weighted by Gasteiger charge is -2.28. The van der Waals surface area contributed by atoms with Gasteiger partial charge in [-0.25, -0.2) is 4.98 Å². The zero-order valence-corrected chi connectivity index (χ0v) is 18.3. The molecule has 0 saturated carbocycles. The van der Waals surface area contributed by atoms with E-state index in [4.69, 9.17) is 0 Å². The van der Waals surface area contributed by atoms with Gasteiger partial charge in [-0.05, 0) is 12.1 Å². The van der Waals surface area contributed by atoms with Gasteiger partial charge in [0.1, 0.15) is 11.3 Å². The van der Waals surface area contributed by atoms with Gasteiger partial charge in [0.05, 0.1) is 55.1 Å². The van der Waals surface area contributed by atoms with Gasteiger partial charge in [-0.15, -0.1) is 0 Å². The van der Waals surface area contributed by atoms with Crippen molar-refractivity contribution in [2.45, 2.75) is 30.8 Å². The number of aliphatic hydroxyl groups is 4. The van der Waals surface area contributed by atoms with Crippen LogP contribution in [0.4, 0.5) is 0 Å². The van der Waals surface area contributed by atoms with E-state index >= 15 is 0 Å². The standard InChI is InChI=1S/C24H26N4O6/c29-10-16-23(33)24(34)17(11-30)28(16)8-7-25-9-18-26-15-6-5-14-19(20(15)27-18)22(32)13-4-2-1-3-12(13)21(14)31/h1-6,16-17,23-25,29-30,33-34H,7-11H2,(H,26,27)/t16-,17-,23+,24+/m0/s1. The zero-order chi connectivity index (χ0) is 24.0. The van der Waals surface area contributed by atoms with Crippen LogP contribution in [0.5, 0.6) is 0 Å².